The molecule has 1 aromatic carbocycles. The van der Waals surface area contributed by atoms with Crippen molar-refractivity contribution in [1.29, 1.82) is 0 Å². The Labute approximate surface area is 166 Å². The van der Waals surface area contributed by atoms with Crippen LogP contribution in [0.2, 0.25) is 5.02 Å². The summed E-state index contributed by atoms with van der Waals surface area (Å²) in [7, 11) is 0. The fourth-order valence-corrected chi connectivity index (χ4v) is 2.22. The van der Waals surface area contributed by atoms with Gasteiger partial charge in [0.2, 0.25) is 5.96 Å². The van der Waals surface area contributed by atoms with Gasteiger partial charge in [-0.05, 0) is 25.1 Å². The van der Waals surface area contributed by atoms with E-state index in [-0.39, 0.29) is 22.9 Å². The lowest BCUT2D eigenvalue weighted by atomic mass is 10.2. The van der Waals surface area contributed by atoms with E-state index in [0.717, 1.165) is 18.2 Å². The summed E-state index contributed by atoms with van der Waals surface area (Å²) in [4.78, 5) is 15.7. The number of anilines is 2. The van der Waals surface area contributed by atoms with Gasteiger partial charge >= 0.3 is 6.18 Å². The van der Waals surface area contributed by atoms with Crippen molar-refractivity contribution in [1.82, 2.24) is 10.2 Å². The molecule has 1 aromatic heterocycles. The molecular weight excluding hydrogens is 421 g/mol. The maximum atomic E-state index is 13.5. The van der Waals surface area contributed by atoms with Crippen molar-refractivity contribution in [2.45, 2.75) is 13.1 Å². The molecule has 0 bridgehead atoms. The average Bonchev–Trinajstić information content (AvgIpc) is 3.07. The molecule has 0 radical (unpaired) electrons. The number of hydrogen-bond donors (Lipinski definition) is 3. The number of allylic oxidation sites excluding steroid dienone is 1. The van der Waals surface area contributed by atoms with Gasteiger partial charge in [-0.3, -0.25) is 9.89 Å². The SMILES string of the molecule is C/C=C\C(=C/F)C(=O)/N=C(/Nc1cc(F)cc(Cl)c1)Nc1cc(C(F)(F)F)[nH]n1. The number of rotatable bonds is 4. The monoisotopic (exact) mass is 433 g/mol. The topological polar surface area (TPSA) is 82.2 Å². The summed E-state index contributed by atoms with van der Waals surface area (Å²) in [5.74, 6) is -2.57. The van der Waals surface area contributed by atoms with E-state index in [0.29, 0.717) is 6.07 Å². The van der Waals surface area contributed by atoms with Gasteiger partial charge in [0.1, 0.15) is 11.5 Å². The summed E-state index contributed by atoms with van der Waals surface area (Å²) in [5.41, 5.74) is -1.56. The van der Waals surface area contributed by atoms with E-state index in [4.69, 9.17) is 11.6 Å². The molecule has 0 saturated carbocycles. The third kappa shape index (κ3) is 6.42. The maximum Gasteiger partial charge on any atom is 0.432 e. The first-order valence-electron chi connectivity index (χ1n) is 7.81. The first-order valence-corrected chi connectivity index (χ1v) is 8.19. The standard InChI is InChI=1S/C17H13ClF5N5O/c1-2-3-9(8-19)15(29)26-16(24-12-5-10(18)4-11(20)6-12)25-14-7-13(27-28-14)17(21,22)23/h2-8H,1H3,(H3,24,25,26,27,28,29)/b3-2-,9-8+. The van der Waals surface area contributed by atoms with E-state index in [1.165, 1.54) is 19.1 Å². The number of benzene rings is 1. The Balaban J connectivity index is 2.37. The summed E-state index contributed by atoms with van der Waals surface area (Å²) in [5, 5.41) is 10.0. The van der Waals surface area contributed by atoms with Crippen LogP contribution in [-0.4, -0.2) is 22.1 Å². The molecule has 29 heavy (non-hydrogen) atoms. The zero-order chi connectivity index (χ0) is 21.6. The molecular formula is C17H13ClF5N5O. The number of alkyl halides is 3. The summed E-state index contributed by atoms with van der Waals surface area (Å²) < 4.78 is 64.5. The predicted octanol–water partition coefficient (Wildman–Crippen LogP) is 5.06. The summed E-state index contributed by atoms with van der Waals surface area (Å²) >= 11 is 5.75. The van der Waals surface area contributed by atoms with Crippen LogP contribution in [0.4, 0.5) is 33.5 Å². The van der Waals surface area contributed by atoms with Crippen molar-refractivity contribution in [2.75, 3.05) is 10.6 Å². The van der Waals surface area contributed by atoms with Crippen molar-refractivity contribution in [2.24, 2.45) is 4.99 Å². The zero-order valence-corrected chi connectivity index (χ0v) is 15.4. The molecule has 12 heteroatoms. The Hall–Kier alpha value is -3.21. The second-order valence-electron chi connectivity index (χ2n) is 5.40. The van der Waals surface area contributed by atoms with Gasteiger partial charge in [0.05, 0.1) is 11.9 Å². The van der Waals surface area contributed by atoms with Crippen LogP contribution in [0.15, 0.2) is 53.3 Å². The number of guanidine groups is 1. The molecule has 0 saturated heterocycles. The number of H-pyrrole nitrogens is 1. The Morgan fingerprint density at radius 3 is 2.52 bits per heavy atom. The molecule has 0 aliphatic rings. The Bertz CT molecular complexity index is 961. The van der Waals surface area contributed by atoms with Crippen LogP contribution in [0.25, 0.3) is 0 Å². The minimum absolute atomic E-state index is 0.00978. The van der Waals surface area contributed by atoms with Gasteiger partial charge in [-0.15, -0.1) is 0 Å². The Kier molecular flexibility index (Phi) is 7.10. The van der Waals surface area contributed by atoms with Crippen molar-refractivity contribution >= 4 is 35.0 Å². The van der Waals surface area contributed by atoms with Crippen LogP contribution in [0.3, 0.4) is 0 Å². The summed E-state index contributed by atoms with van der Waals surface area (Å²) in [6.07, 6.45) is -2.15. The van der Waals surface area contributed by atoms with Crippen LogP contribution < -0.4 is 10.6 Å². The van der Waals surface area contributed by atoms with Gasteiger partial charge in [0.15, 0.2) is 5.82 Å². The molecule has 6 nitrogen and oxygen atoms in total. The van der Waals surface area contributed by atoms with Crippen LogP contribution in [0.5, 0.6) is 0 Å². The molecule has 2 rings (SSSR count). The Morgan fingerprint density at radius 1 is 1.24 bits per heavy atom. The number of nitrogens with one attached hydrogen (secondary N) is 3. The third-order valence-electron chi connectivity index (χ3n) is 3.18. The smallest absolute Gasteiger partial charge is 0.325 e. The highest BCUT2D eigenvalue weighted by Gasteiger charge is 2.33. The van der Waals surface area contributed by atoms with Gasteiger partial charge in [-0.1, -0.05) is 23.8 Å². The summed E-state index contributed by atoms with van der Waals surface area (Å²) in [6, 6.07) is 3.91. The number of carbonyl (C=O) groups excluding carboxylic acids is 1. The van der Waals surface area contributed by atoms with E-state index in [9.17, 15) is 26.7 Å². The minimum atomic E-state index is -4.68. The second-order valence-corrected chi connectivity index (χ2v) is 5.84. The first kappa shape index (κ1) is 22.1. The van der Waals surface area contributed by atoms with Gasteiger partial charge in [-0.2, -0.15) is 23.3 Å². The number of nitrogens with zero attached hydrogens (tertiary/aromatic N) is 2. The molecule has 3 N–H and O–H groups in total. The van der Waals surface area contributed by atoms with E-state index < -0.39 is 35.1 Å². The van der Waals surface area contributed by atoms with Crippen molar-refractivity contribution in [3.05, 3.63) is 64.9 Å². The average molecular weight is 434 g/mol. The minimum Gasteiger partial charge on any atom is -0.325 e. The number of aromatic nitrogens is 2. The second kappa shape index (κ2) is 9.32. The number of amides is 1. The largest absolute Gasteiger partial charge is 0.432 e. The highest BCUT2D eigenvalue weighted by molar-refractivity contribution is 6.31. The van der Waals surface area contributed by atoms with Gasteiger partial charge in [0, 0.05) is 16.8 Å². The molecule has 1 heterocycles. The lowest BCUT2D eigenvalue weighted by molar-refractivity contribution is -0.141. The van der Waals surface area contributed by atoms with E-state index in [2.05, 4.69) is 20.7 Å². The summed E-state index contributed by atoms with van der Waals surface area (Å²) in [6.45, 7) is 1.54. The number of aliphatic imine (C=N–C) groups is 1. The molecule has 1 amide bonds. The Morgan fingerprint density at radius 2 is 1.97 bits per heavy atom. The number of hydrogen-bond acceptors (Lipinski definition) is 2. The van der Waals surface area contributed by atoms with Gasteiger partial charge in [-0.25, -0.2) is 8.78 Å². The fourth-order valence-electron chi connectivity index (χ4n) is 2.00. The van der Waals surface area contributed by atoms with Crippen molar-refractivity contribution in [3.63, 3.8) is 0 Å². The quantitative estimate of drug-likeness (QED) is 0.207. The molecule has 154 valence electrons. The molecule has 0 aliphatic heterocycles. The zero-order valence-electron chi connectivity index (χ0n) is 14.6. The van der Waals surface area contributed by atoms with Crippen LogP contribution >= 0.6 is 11.6 Å². The number of halogens is 6. The molecule has 0 fully saturated rings. The molecule has 0 spiro atoms. The third-order valence-corrected chi connectivity index (χ3v) is 3.40. The molecule has 0 aliphatic carbocycles. The maximum absolute atomic E-state index is 13.5. The van der Waals surface area contributed by atoms with E-state index in [1.807, 2.05) is 0 Å². The van der Waals surface area contributed by atoms with E-state index >= 15 is 0 Å². The first-order chi connectivity index (χ1) is 13.6. The normalized spacial score (nSPS) is 13.1. The van der Waals surface area contributed by atoms with Crippen molar-refractivity contribution < 1.29 is 26.7 Å². The fraction of sp³-hybridized carbons (Fsp3) is 0.118. The van der Waals surface area contributed by atoms with Gasteiger partial charge in [0.25, 0.3) is 5.91 Å². The van der Waals surface area contributed by atoms with E-state index in [1.54, 1.807) is 5.10 Å². The molecule has 0 atom stereocenters. The highest BCUT2D eigenvalue weighted by Crippen LogP contribution is 2.28. The van der Waals surface area contributed by atoms with Crippen molar-refractivity contribution in [3.8, 4) is 0 Å². The highest BCUT2D eigenvalue weighted by atomic mass is 35.5. The van der Waals surface area contributed by atoms with Crippen LogP contribution in [-0.2, 0) is 11.0 Å². The molecule has 0 unspecified atom stereocenters. The predicted molar refractivity (Wildman–Crippen MR) is 98.7 cm³/mol. The van der Waals surface area contributed by atoms with Crippen LogP contribution in [0, 0.1) is 5.82 Å². The number of carbonyl (C=O) groups is 1. The lowest BCUT2D eigenvalue weighted by Crippen LogP contribution is -2.24. The molecule has 2 aromatic rings. The van der Waals surface area contributed by atoms with Crippen LogP contribution in [0.1, 0.15) is 12.6 Å². The number of aromatic amines is 1. The van der Waals surface area contributed by atoms with Gasteiger partial charge < -0.3 is 10.6 Å². The lowest BCUT2D eigenvalue weighted by Gasteiger charge is -2.11.